The summed E-state index contributed by atoms with van der Waals surface area (Å²) in [4.78, 5) is 6.68. The van der Waals surface area contributed by atoms with Crippen molar-refractivity contribution >= 4 is 29.9 Å². The van der Waals surface area contributed by atoms with E-state index < -0.39 is 0 Å². The Morgan fingerprint density at radius 1 is 1.04 bits per heavy atom. The fourth-order valence-electron chi connectivity index (χ4n) is 2.38. The zero-order chi connectivity index (χ0) is 18.1. The molecule has 0 aromatic heterocycles. The van der Waals surface area contributed by atoms with Crippen molar-refractivity contribution in [2.24, 2.45) is 4.99 Å². The molecule has 26 heavy (non-hydrogen) atoms. The SMILES string of the molecule is CCOc1ccc(CN=C(NCc2ccccc2)N(C)C)cc1OC.I. The molecule has 0 aliphatic carbocycles. The minimum atomic E-state index is 0. The highest BCUT2D eigenvalue weighted by atomic mass is 127. The number of methoxy groups -OCH3 is 1. The maximum absolute atomic E-state index is 5.55. The molecule has 2 aromatic carbocycles. The van der Waals surface area contributed by atoms with Crippen LogP contribution in [-0.4, -0.2) is 38.7 Å². The standard InChI is InChI=1S/C20H27N3O2.HI/c1-5-25-18-12-11-17(13-19(18)24-4)15-22-20(23(2)3)21-14-16-9-7-6-8-10-16;/h6-13H,5,14-15H2,1-4H3,(H,21,22);1H. The Balaban J connectivity index is 0.00000338. The molecule has 0 spiro atoms. The summed E-state index contributed by atoms with van der Waals surface area (Å²) >= 11 is 0. The number of hydrogen-bond acceptors (Lipinski definition) is 3. The number of hydrogen-bond donors (Lipinski definition) is 1. The Morgan fingerprint density at radius 2 is 1.77 bits per heavy atom. The monoisotopic (exact) mass is 469 g/mol. The van der Waals surface area contributed by atoms with Crippen LogP contribution in [0.25, 0.3) is 0 Å². The maximum atomic E-state index is 5.55. The second kappa shape index (κ2) is 11.6. The van der Waals surface area contributed by atoms with Crippen LogP contribution >= 0.6 is 24.0 Å². The summed E-state index contributed by atoms with van der Waals surface area (Å²) < 4.78 is 11.0. The second-order valence-electron chi connectivity index (χ2n) is 5.79. The molecule has 0 unspecified atom stereocenters. The maximum Gasteiger partial charge on any atom is 0.194 e. The zero-order valence-corrected chi connectivity index (χ0v) is 18.2. The van der Waals surface area contributed by atoms with Crippen LogP contribution in [0.5, 0.6) is 11.5 Å². The number of rotatable bonds is 7. The molecule has 0 saturated carbocycles. The van der Waals surface area contributed by atoms with Gasteiger partial charge in [-0.15, -0.1) is 24.0 Å². The van der Waals surface area contributed by atoms with E-state index in [1.54, 1.807) is 7.11 Å². The van der Waals surface area contributed by atoms with Crippen LogP contribution in [0.15, 0.2) is 53.5 Å². The lowest BCUT2D eigenvalue weighted by Gasteiger charge is -2.18. The summed E-state index contributed by atoms with van der Waals surface area (Å²) in [5, 5.41) is 3.39. The summed E-state index contributed by atoms with van der Waals surface area (Å²) in [5.74, 6) is 2.34. The largest absolute Gasteiger partial charge is 0.493 e. The Bertz CT molecular complexity index is 691. The highest BCUT2D eigenvalue weighted by molar-refractivity contribution is 14.0. The summed E-state index contributed by atoms with van der Waals surface area (Å²) in [6, 6.07) is 16.2. The predicted molar refractivity (Wildman–Crippen MR) is 118 cm³/mol. The van der Waals surface area contributed by atoms with Crippen molar-refractivity contribution in [3.05, 3.63) is 59.7 Å². The van der Waals surface area contributed by atoms with E-state index in [-0.39, 0.29) is 24.0 Å². The molecule has 2 rings (SSSR count). The molecule has 142 valence electrons. The third-order valence-corrected chi connectivity index (χ3v) is 3.66. The first-order valence-corrected chi connectivity index (χ1v) is 8.43. The van der Waals surface area contributed by atoms with Gasteiger partial charge in [0.15, 0.2) is 17.5 Å². The number of ether oxygens (including phenoxy) is 2. The molecule has 0 fully saturated rings. The van der Waals surface area contributed by atoms with Gasteiger partial charge < -0.3 is 19.7 Å². The summed E-state index contributed by atoms with van der Waals surface area (Å²) in [6.45, 7) is 3.88. The molecule has 0 radical (unpaired) electrons. The summed E-state index contributed by atoms with van der Waals surface area (Å²) in [5.41, 5.74) is 2.29. The Morgan fingerprint density at radius 3 is 2.38 bits per heavy atom. The second-order valence-corrected chi connectivity index (χ2v) is 5.79. The topological polar surface area (TPSA) is 46.1 Å². The van der Waals surface area contributed by atoms with E-state index in [1.807, 2.05) is 62.3 Å². The molecule has 5 nitrogen and oxygen atoms in total. The first kappa shape index (κ1) is 22.1. The number of halogens is 1. The van der Waals surface area contributed by atoms with E-state index in [4.69, 9.17) is 14.5 Å². The molecule has 0 aliphatic rings. The molecule has 0 aliphatic heterocycles. The average molecular weight is 469 g/mol. The quantitative estimate of drug-likeness (QED) is 0.380. The van der Waals surface area contributed by atoms with Crippen molar-refractivity contribution < 1.29 is 9.47 Å². The number of benzene rings is 2. The van der Waals surface area contributed by atoms with Crippen molar-refractivity contribution in [2.75, 3.05) is 27.8 Å². The molecule has 0 heterocycles. The highest BCUT2D eigenvalue weighted by Crippen LogP contribution is 2.28. The number of guanidine groups is 1. The number of nitrogens with zero attached hydrogens (tertiary/aromatic N) is 2. The molecular weight excluding hydrogens is 441 g/mol. The van der Waals surface area contributed by atoms with E-state index in [0.29, 0.717) is 13.2 Å². The molecule has 0 atom stereocenters. The van der Waals surface area contributed by atoms with Gasteiger partial charge >= 0.3 is 0 Å². The van der Waals surface area contributed by atoms with Crippen molar-refractivity contribution in [3.63, 3.8) is 0 Å². The molecule has 2 aromatic rings. The van der Waals surface area contributed by atoms with Crippen LogP contribution in [-0.2, 0) is 13.1 Å². The van der Waals surface area contributed by atoms with E-state index in [1.165, 1.54) is 5.56 Å². The molecule has 0 bridgehead atoms. The molecule has 1 N–H and O–H groups in total. The van der Waals surface area contributed by atoms with Gasteiger partial charge in [0.05, 0.1) is 20.3 Å². The number of aliphatic imine (C=N–C) groups is 1. The third-order valence-electron chi connectivity index (χ3n) is 3.66. The van der Waals surface area contributed by atoms with Crippen molar-refractivity contribution in [3.8, 4) is 11.5 Å². The van der Waals surface area contributed by atoms with Crippen molar-refractivity contribution in [2.45, 2.75) is 20.0 Å². The number of nitrogens with one attached hydrogen (secondary N) is 1. The molecular formula is C20H28IN3O2. The van der Waals surface area contributed by atoms with Crippen LogP contribution < -0.4 is 14.8 Å². The molecule has 6 heteroatoms. The van der Waals surface area contributed by atoms with Gasteiger partial charge in [-0.2, -0.15) is 0 Å². The van der Waals surface area contributed by atoms with Gasteiger partial charge in [-0.05, 0) is 30.2 Å². The van der Waals surface area contributed by atoms with Gasteiger partial charge in [0, 0.05) is 20.6 Å². The van der Waals surface area contributed by atoms with E-state index >= 15 is 0 Å². The third kappa shape index (κ3) is 6.74. The first-order chi connectivity index (χ1) is 12.1. The van der Waals surface area contributed by atoms with Crippen LogP contribution in [0.4, 0.5) is 0 Å². The van der Waals surface area contributed by atoms with Crippen molar-refractivity contribution in [1.82, 2.24) is 10.2 Å². The van der Waals surface area contributed by atoms with Crippen LogP contribution in [0.1, 0.15) is 18.1 Å². The van der Waals surface area contributed by atoms with Crippen molar-refractivity contribution in [1.29, 1.82) is 0 Å². The molecule has 0 amide bonds. The minimum Gasteiger partial charge on any atom is -0.493 e. The van der Waals surface area contributed by atoms with Crippen LogP contribution in [0.2, 0.25) is 0 Å². The summed E-state index contributed by atoms with van der Waals surface area (Å²) in [7, 11) is 5.61. The minimum absolute atomic E-state index is 0. The van der Waals surface area contributed by atoms with Gasteiger partial charge in [0.1, 0.15) is 0 Å². The lowest BCUT2D eigenvalue weighted by molar-refractivity contribution is 0.310. The fraction of sp³-hybridized carbons (Fsp3) is 0.350. The zero-order valence-electron chi connectivity index (χ0n) is 15.9. The van der Waals surface area contributed by atoms with E-state index in [0.717, 1.165) is 29.6 Å². The Hall–Kier alpha value is -1.96. The smallest absolute Gasteiger partial charge is 0.194 e. The predicted octanol–water partition coefficient (Wildman–Crippen LogP) is 3.92. The highest BCUT2D eigenvalue weighted by Gasteiger charge is 2.06. The van der Waals surface area contributed by atoms with Gasteiger partial charge in [0.2, 0.25) is 0 Å². The van der Waals surface area contributed by atoms with Gasteiger partial charge in [0.25, 0.3) is 0 Å². The Kier molecular flexibility index (Phi) is 9.87. The molecule has 0 saturated heterocycles. The first-order valence-electron chi connectivity index (χ1n) is 8.43. The van der Waals surface area contributed by atoms with Crippen LogP contribution in [0, 0.1) is 0 Å². The van der Waals surface area contributed by atoms with E-state index in [2.05, 4.69) is 17.4 Å². The lowest BCUT2D eigenvalue weighted by atomic mass is 10.2. The lowest BCUT2D eigenvalue weighted by Crippen LogP contribution is -2.36. The summed E-state index contributed by atoms with van der Waals surface area (Å²) in [6.07, 6.45) is 0. The Labute approximate surface area is 173 Å². The normalized spacial score (nSPS) is 10.7. The van der Waals surface area contributed by atoms with Gasteiger partial charge in [-0.25, -0.2) is 4.99 Å². The average Bonchev–Trinajstić information content (AvgIpc) is 2.63. The van der Waals surface area contributed by atoms with Gasteiger partial charge in [-0.3, -0.25) is 0 Å². The fourth-order valence-corrected chi connectivity index (χ4v) is 2.38. The van der Waals surface area contributed by atoms with Crippen LogP contribution in [0.3, 0.4) is 0 Å². The van der Waals surface area contributed by atoms with E-state index in [9.17, 15) is 0 Å². The van der Waals surface area contributed by atoms with Gasteiger partial charge in [-0.1, -0.05) is 36.4 Å².